The highest BCUT2D eigenvalue weighted by atomic mass is 35.6. The van der Waals surface area contributed by atoms with Crippen molar-refractivity contribution in [3.05, 3.63) is 0 Å². The number of alkyl halides is 3. The molecule has 0 bridgehead atoms. The fraction of sp³-hybridized carbons (Fsp3) is 0.955. The fourth-order valence-electron chi connectivity index (χ4n) is 2.52. The van der Waals surface area contributed by atoms with E-state index in [1.807, 2.05) is 13.8 Å². The molecule has 8 nitrogen and oxygen atoms in total. The van der Waals surface area contributed by atoms with Gasteiger partial charge < -0.3 is 34.1 Å². The van der Waals surface area contributed by atoms with Crippen LogP contribution in [0.5, 0.6) is 0 Å². The molecule has 1 amide bonds. The molecule has 0 aromatic heterocycles. The Bertz CT molecular complexity index is 483. The zero-order chi connectivity index (χ0) is 25.1. The third kappa shape index (κ3) is 18.9. The molecule has 0 saturated carbocycles. The number of rotatable bonds is 20. The van der Waals surface area contributed by atoms with Gasteiger partial charge in [0.15, 0.2) is 6.29 Å². The second-order valence-corrected chi connectivity index (χ2v) is 10.3. The summed E-state index contributed by atoms with van der Waals surface area (Å²) >= 11 is 16.9. The number of carbonyl (C=O) groups excluding carboxylic acids is 1. The van der Waals surface area contributed by atoms with Crippen LogP contribution in [0.15, 0.2) is 0 Å². The van der Waals surface area contributed by atoms with Gasteiger partial charge >= 0.3 is 6.09 Å². The Kier molecular flexibility index (Phi) is 20.1. The Morgan fingerprint density at radius 3 is 2.03 bits per heavy atom. The Morgan fingerprint density at radius 1 is 0.939 bits per heavy atom. The van der Waals surface area contributed by atoms with Crippen LogP contribution >= 0.6 is 34.8 Å². The molecule has 0 heterocycles. The summed E-state index contributed by atoms with van der Waals surface area (Å²) in [6.07, 6.45) is 2.51. The molecule has 0 aromatic rings. The third-order valence-electron chi connectivity index (χ3n) is 4.59. The highest BCUT2D eigenvalue weighted by molar-refractivity contribution is 6.67. The SMILES string of the molecule is CCCCOCC(OC(O)[C@H](COCCCC)NC(=O)OCC(Cl)(Cl)Cl)[C@H](C)OCCCC. The molecule has 11 heteroatoms. The van der Waals surface area contributed by atoms with Gasteiger partial charge in [-0.05, 0) is 26.2 Å². The molecular weight excluding hydrogens is 497 g/mol. The lowest BCUT2D eigenvalue weighted by molar-refractivity contribution is -0.202. The number of aliphatic hydroxyl groups is 1. The van der Waals surface area contributed by atoms with Gasteiger partial charge in [0, 0.05) is 19.8 Å². The van der Waals surface area contributed by atoms with E-state index in [9.17, 15) is 9.90 Å². The van der Waals surface area contributed by atoms with Crippen molar-refractivity contribution in [2.75, 3.05) is 39.6 Å². The number of carbonyl (C=O) groups is 1. The molecular formula is C22H42Cl3NO7. The number of amides is 1. The normalized spacial score (nSPS) is 15.6. The molecule has 198 valence electrons. The molecule has 0 aliphatic heterocycles. The molecule has 0 saturated heterocycles. The van der Waals surface area contributed by atoms with Crippen LogP contribution in [-0.4, -0.2) is 79.2 Å². The first-order valence-corrected chi connectivity index (χ1v) is 12.9. The van der Waals surface area contributed by atoms with Crippen LogP contribution in [0.1, 0.15) is 66.2 Å². The van der Waals surface area contributed by atoms with E-state index >= 15 is 0 Å². The van der Waals surface area contributed by atoms with Crippen molar-refractivity contribution in [1.82, 2.24) is 5.32 Å². The summed E-state index contributed by atoms with van der Waals surface area (Å²) in [5, 5.41) is 13.3. The predicted molar refractivity (Wildman–Crippen MR) is 131 cm³/mol. The van der Waals surface area contributed by atoms with E-state index in [-0.39, 0.29) is 19.3 Å². The fourth-order valence-corrected chi connectivity index (χ4v) is 2.68. The van der Waals surface area contributed by atoms with Gasteiger partial charge in [-0.25, -0.2) is 4.79 Å². The molecule has 0 fully saturated rings. The Balaban J connectivity index is 5.08. The number of nitrogens with one attached hydrogen (secondary N) is 1. The van der Waals surface area contributed by atoms with E-state index in [1.54, 1.807) is 0 Å². The highest BCUT2D eigenvalue weighted by Crippen LogP contribution is 2.25. The molecule has 0 aliphatic rings. The van der Waals surface area contributed by atoms with Gasteiger partial charge in [-0.2, -0.15) is 0 Å². The molecule has 0 radical (unpaired) electrons. The maximum absolute atomic E-state index is 12.2. The lowest BCUT2D eigenvalue weighted by Crippen LogP contribution is -2.51. The van der Waals surface area contributed by atoms with Crippen molar-refractivity contribution < 1.29 is 33.6 Å². The van der Waals surface area contributed by atoms with Crippen LogP contribution in [0.3, 0.4) is 0 Å². The quantitative estimate of drug-likeness (QED) is 0.128. The Morgan fingerprint density at radius 2 is 1.48 bits per heavy atom. The molecule has 0 rings (SSSR count). The molecule has 4 atom stereocenters. The summed E-state index contributed by atoms with van der Waals surface area (Å²) in [6.45, 7) is 9.51. The van der Waals surface area contributed by atoms with Crippen LogP contribution in [0.25, 0.3) is 0 Å². The molecule has 0 aliphatic carbocycles. The van der Waals surface area contributed by atoms with E-state index in [2.05, 4.69) is 19.2 Å². The lowest BCUT2D eigenvalue weighted by atomic mass is 10.2. The molecule has 0 aromatic carbocycles. The summed E-state index contributed by atoms with van der Waals surface area (Å²) in [6, 6.07) is -0.911. The summed E-state index contributed by atoms with van der Waals surface area (Å²) in [7, 11) is 0. The molecule has 0 spiro atoms. The van der Waals surface area contributed by atoms with Crippen molar-refractivity contribution in [1.29, 1.82) is 0 Å². The average molecular weight is 539 g/mol. The van der Waals surface area contributed by atoms with Gasteiger partial charge in [-0.15, -0.1) is 0 Å². The summed E-state index contributed by atoms with van der Waals surface area (Å²) < 4.78 is 26.2. The summed E-state index contributed by atoms with van der Waals surface area (Å²) in [5.41, 5.74) is 0. The van der Waals surface area contributed by atoms with Gasteiger partial charge in [0.05, 0.1) is 19.3 Å². The largest absolute Gasteiger partial charge is 0.445 e. The van der Waals surface area contributed by atoms with Crippen molar-refractivity contribution in [3.8, 4) is 0 Å². The van der Waals surface area contributed by atoms with Gasteiger partial charge in [0.1, 0.15) is 18.8 Å². The third-order valence-corrected chi connectivity index (χ3v) is 4.92. The smallest absolute Gasteiger partial charge is 0.407 e. The minimum Gasteiger partial charge on any atom is -0.445 e. The number of aliphatic hydroxyl groups excluding tert-OH is 1. The van der Waals surface area contributed by atoms with Gasteiger partial charge in [0.2, 0.25) is 3.79 Å². The molecule has 2 N–H and O–H groups in total. The number of alkyl carbamates (subject to hydrolysis) is 1. The van der Waals surface area contributed by atoms with Crippen molar-refractivity contribution in [3.63, 3.8) is 0 Å². The monoisotopic (exact) mass is 537 g/mol. The highest BCUT2D eigenvalue weighted by Gasteiger charge is 2.30. The van der Waals surface area contributed by atoms with E-state index in [0.717, 1.165) is 38.5 Å². The van der Waals surface area contributed by atoms with E-state index in [0.29, 0.717) is 19.8 Å². The zero-order valence-corrected chi connectivity index (χ0v) is 22.6. The van der Waals surface area contributed by atoms with Crippen LogP contribution in [0.2, 0.25) is 0 Å². The van der Waals surface area contributed by atoms with E-state index < -0.39 is 34.9 Å². The topological polar surface area (TPSA) is 95.5 Å². The van der Waals surface area contributed by atoms with Crippen LogP contribution in [0, 0.1) is 0 Å². The average Bonchev–Trinajstić information content (AvgIpc) is 2.76. The standard InChI is InChI=1S/C22H42Cl3NO7/c1-5-8-11-29-14-18(26-21(28)32-16-22(23,24)25)20(27)33-19(15-30-12-9-6-2)17(4)31-13-10-7-3/h17-20,27H,5-16H2,1-4H3,(H,26,28)/t17-,18-,19?,20?/m0/s1. The van der Waals surface area contributed by atoms with Gasteiger partial charge in [0.25, 0.3) is 0 Å². The minimum atomic E-state index is -1.74. The first-order chi connectivity index (χ1) is 15.6. The lowest BCUT2D eigenvalue weighted by Gasteiger charge is -2.31. The molecule has 33 heavy (non-hydrogen) atoms. The Hall–Kier alpha value is -0.0600. The van der Waals surface area contributed by atoms with Crippen LogP contribution < -0.4 is 5.32 Å². The van der Waals surface area contributed by atoms with E-state index in [1.165, 1.54) is 0 Å². The summed E-state index contributed by atoms with van der Waals surface area (Å²) in [4.78, 5) is 12.2. The van der Waals surface area contributed by atoms with Crippen molar-refractivity contribution >= 4 is 40.9 Å². The van der Waals surface area contributed by atoms with Gasteiger partial charge in [-0.1, -0.05) is 74.8 Å². The van der Waals surface area contributed by atoms with Crippen molar-refractivity contribution in [2.45, 2.75) is 94.6 Å². The minimum absolute atomic E-state index is 0.0124. The number of hydrogen-bond acceptors (Lipinski definition) is 7. The number of hydrogen-bond donors (Lipinski definition) is 2. The first kappa shape index (κ1) is 32.9. The number of unbranched alkanes of at least 4 members (excludes halogenated alkanes) is 3. The predicted octanol–water partition coefficient (Wildman–Crippen LogP) is 4.99. The number of halogens is 3. The number of ether oxygens (including phenoxy) is 5. The Labute approximate surface area is 213 Å². The maximum atomic E-state index is 12.2. The van der Waals surface area contributed by atoms with E-state index in [4.69, 9.17) is 58.5 Å². The summed E-state index contributed by atoms with van der Waals surface area (Å²) in [5.74, 6) is 0. The second kappa shape index (κ2) is 20.2. The van der Waals surface area contributed by atoms with Gasteiger partial charge in [-0.3, -0.25) is 0 Å². The maximum Gasteiger partial charge on any atom is 0.407 e. The molecule has 2 unspecified atom stereocenters. The first-order valence-electron chi connectivity index (χ1n) is 11.7. The zero-order valence-electron chi connectivity index (χ0n) is 20.3. The second-order valence-electron chi connectivity index (χ2n) is 7.79. The van der Waals surface area contributed by atoms with Crippen LogP contribution in [-0.2, 0) is 23.7 Å². The van der Waals surface area contributed by atoms with Crippen molar-refractivity contribution in [2.24, 2.45) is 0 Å². The van der Waals surface area contributed by atoms with Crippen LogP contribution in [0.4, 0.5) is 4.79 Å².